The third-order valence-corrected chi connectivity index (χ3v) is 5.13. The van der Waals surface area contributed by atoms with Gasteiger partial charge in [0, 0.05) is 17.5 Å². The Kier molecular flexibility index (Phi) is 5.15. The molecule has 1 saturated heterocycles. The summed E-state index contributed by atoms with van der Waals surface area (Å²) in [6, 6.07) is 14.5. The highest BCUT2D eigenvalue weighted by Crippen LogP contribution is 2.25. The monoisotopic (exact) mass is 380 g/mol. The zero-order valence-corrected chi connectivity index (χ0v) is 16.2. The maximum atomic E-state index is 12.4. The number of carbonyl (C=O) groups excluding carboxylic acids is 1. The Labute approximate surface area is 163 Å². The molecule has 4 rings (SSSR count). The van der Waals surface area contributed by atoms with Crippen LogP contribution in [0.1, 0.15) is 34.3 Å². The van der Waals surface area contributed by atoms with Crippen molar-refractivity contribution in [3.8, 4) is 0 Å². The molecule has 6 nitrogen and oxygen atoms in total. The van der Waals surface area contributed by atoms with Crippen LogP contribution in [0.3, 0.4) is 0 Å². The van der Waals surface area contributed by atoms with Gasteiger partial charge >= 0.3 is 0 Å². The van der Waals surface area contributed by atoms with Crippen LogP contribution in [-0.4, -0.2) is 30.8 Å². The van der Waals surface area contributed by atoms with Crippen LogP contribution in [0.15, 0.2) is 47.0 Å². The van der Waals surface area contributed by atoms with Gasteiger partial charge < -0.3 is 19.3 Å². The number of hydrogen-bond donors (Lipinski definition) is 1. The van der Waals surface area contributed by atoms with Gasteiger partial charge in [0.05, 0.1) is 19.8 Å². The second-order valence-electron chi connectivity index (χ2n) is 7.74. The number of nitrogens with one attached hydrogen (secondary N) is 1. The van der Waals surface area contributed by atoms with E-state index >= 15 is 0 Å². The van der Waals surface area contributed by atoms with Crippen LogP contribution in [0.5, 0.6) is 0 Å². The first-order valence-corrected chi connectivity index (χ1v) is 9.41. The van der Waals surface area contributed by atoms with E-state index in [-0.39, 0.29) is 17.9 Å². The summed E-state index contributed by atoms with van der Waals surface area (Å²) in [5.41, 5.74) is 2.13. The Bertz CT molecular complexity index is 991. The van der Waals surface area contributed by atoms with E-state index < -0.39 is 0 Å². The average Bonchev–Trinajstić information content (AvgIpc) is 3.05. The van der Waals surface area contributed by atoms with Crippen LogP contribution >= 0.6 is 0 Å². The summed E-state index contributed by atoms with van der Waals surface area (Å²) in [5, 5.41) is 9.23. The number of nitrogens with zero attached hydrogens (tertiary/aromatic N) is 1. The smallest absolute Gasteiger partial charge is 0.273 e. The summed E-state index contributed by atoms with van der Waals surface area (Å²) in [5.74, 6) is 0.347. The molecule has 0 aliphatic carbocycles. The minimum Gasteiger partial charge on any atom is -0.380 e. The van der Waals surface area contributed by atoms with Gasteiger partial charge in [-0.05, 0) is 29.3 Å². The number of amides is 1. The zero-order valence-electron chi connectivity index (χ0n) is 16.2. The molecule has 0 saturated carbocycles. The van der Waals surface area contributed by atoms with E-state index in [2.05, 4.69) is 47.7 Å². The van der Waals surface area contributed by atoms with E-state index in [9.17, 15) is 4.79 Å². The predicted octanol–water partition coefficient (Wildman–Crippen LogP) is 3.62. The molecule has 2 heterocycles. The van der Waals surface area contributed by atoms with Crippen molar-refractivity contribution < 1.29 is 18.8 Å². The quantitative estimate of drug-likeness (QED) is 0.678. The first-order valence-electron chi connectivity index (χ1n) is 9.41. The van der Waals surface area contributed by atoms with Gasteiger partial charge in [-0.2, -0.15) is 0 Å². The van der Waals surface area contributed by atoms with Gasteiger partial charge in [-0.15, -0.1) is 0 Å². The van der Waals surface area contributed by atoms with Gasteiger partial charge in [0.15, 0.2) is 11.5 Å². The van der Waals surface area contributed by atoms with E-state index in [1.807, 2.05) is 19.1 Å². The molecule has 0 radical (unpaired) electrons. The number of carbonyl (C=O) groups is 1. The highest BCUT2D eigenvalue weighted by atomic mass is 16.5. The summed E-state index contributed by atoms with van der Waals surface area (Å²) in [6.07, 6.45) is 0. The van der Waals surface area contributed by atoms with Crippen molar-refractivity contribution in [2.24, 2.45) is 5.41 Å². The van der Waals surface area contributed by atoms with E-state index in [1.165, 1.54) is 10.8 Å². The predicted molar refractivity (Wildman–Crippen MR) is 105 cm³/mol. The molecule has 1 aliphatic rings. The molecule has 0 spiro atoms. The second kappa shape index (κ2) is 7.73. The summed E-state index contributed by atoms with van der Waals surface area (Å²) >= 11 is 0. The van der Waals surface area contributed by atoms with Crippen molar-refractivity contribution in [2.45, 2.75) is 27.1 Å². The lowest BCUT2D eigenvalue weighted by atomic mass is 9.89. The van der Waals surface area contributed by atoms with Gasteiger partial charge in [-0.1, -0.05) is 48.5 Å². The molecule has 0 bridgehead atoms. The first-order chi connectivity index (χ1) is 13.5. The van der Waals surface area contributed by atoms with Gasteiger partial charge in [0.2, 0.25) is 0 Å². The molecule has 3 aromatic rings. The van der Waals surface area contributed by atoms with Gasteiger partial charge in [-0.3, -0.25) is 4.79 Å². The number of benzene rings is 2. The standard InChI is InChI=1S/C22H24N2O4/c1-15-19(28-24-20(15)21(25)23-12-22(2)13-27-14-22)11-26-10-16-7-8-17-5-3-4-6-18(17)9-16/h3-9H,10-14H2,1-2H3,(H,23,25). The number of ether oxygens (including phenoxy) is 2. The Morgan fingerprint density at radius 3 is 2.71 bits per heavy atom. The van der Waals surface area contributed by atoms with E-state index in [4.69, 9.17) is 14.0 Å². The second-order valence-corrected chi connectivity index (χ2v) is 7.74. The first kappa shape index (κ1) is 18.7. The lowest BCUT2D eigenvalue weighted by Gasteiger charge is -2.37. The van der Waals surface area contributed by atoms with Crippen LogP contribution in [0.2, 0.25) is 0 Å². The van der Waals surface area contributed by atoms with Gasteiger partial charge in [0.25, 0.3) is 5.91 Å². The molecule has 0 atom stereocenters. The summed E-state index contributed by atoms with van der Waals surface area (Å²) in [6.45, 7) is 6.53. The van der Waals surface area contributed by atoms with E-state index in [0.717, 1.165) is 5.56 Å². The summed E-state index contributed by atoms with van der Waals surface area (Å²) < 4.78 is 16.3. The van der Waals surface area contributed by atoms with Crippen LogP contribution in [0, 0.1) is 12.3 Å². The molecule has 2 aromatic carbocycles. The largest absolute Gasteiger partial charge is 0.380 e. The fourth-order valence-electron chi connectivity index (χ4n) is 3.24. The molecule has 1 N–H and O–H groups in total. The van der Waals surface area contributed by atoms with Crippen LogP contribution in [-0.2, 0) is 22.7 Å². The van der Waals surface area contributed by atoms with Crippen molar-refractivity contribution >= 4 is 16.7 Å². The van der Waals surface area contributed by atoms with Crippen LogP contribution in [0.25, 0.3) is 10.8 Å². The fourth-order valence-corrected chi connectivity index (χ4v) is 3.24. The van der Waals surface area contributed by atoms with Crippen LogP contribution < -0.4 is 5.32 Å². The highest BCUT2D eigenvalue weighted by molar-refractivity contribution is 5.93. The van der Waals surface area contributed by atoms with E-state index in [1.54, 1.807) is 0 Å². The highest BCUT2D eigenvalue weighted by Gasteiger charge is 2.34. The normalized spacial score (nSPS) is 15.4. The maximum Gasteiger partial charge on any atom is 0.273 e. The fraction of sp³-hybridized carbons (Fsp3) is 0.364. The minimum absolute atomic E-state index is 0.0130. The lowest BCUT2D eigenvalue weighted by molar-refractivity contribution is -0.0978. The Hall–Kier alpha value is -2.70. The molecule has 0 unspecified atom stereocenters. The molecule has 1 aliphatic heterocycles. The number of rotatable bonds is 7. The molecular formula is C22H24N2O4. The lowest BCUT2D eigenvalue weighted by Crippen LogP contribution is -2.48. The minimum atomic E-state index is -0.227. The van der Waals surface area contributed by atoms with E-state index in [0.29, 0.717) is 43.4 Å². The average molecular weight is 380 g/mol. The molecule has 1 aromatic heterocycles. The molecular weight excluding hydrogens is 356 g/mol. The Morgan fingerprint density at radius 2 is 1.96 bits per heavy atom. The third kappa shape index (κ3) is 3.93. The van der Waals surface area contributed by atoms with Crippen molar-refractivity contribution in [1.82, 2.24) is 10.5 Å². The third-order valence-electron chi connectivity index (χ3n) is 5.13. The topological polar surface area (TPSA) is 73.6 Å². The molecule has 28 heavy (non-hydrogen) atoms. The molecule has 1 fully saturated rings. The molecule has 1 amide bonds. The Morgan fingerprint density at radius 1 is 1.18 bits per heavy atom. The summed E-state index contributed by atoms with van der Waals surface area (Å²) in [7, 11) is 0. The van der Waals surface area contributed by atoms with Crippen molar-refractivity contribution in [2.75, 3.05) is 19.8 Å². The molecule has 6 heteroatoms. The zero-order chi connectivity index (χ0) is 19.6. The van der Waals surface area contributed by atoms with Crippen molar-refractivity contribution in [3.05, 3.63) is 65.0 Å². The SMILES string of the molecule is Cc1c(C(=O)NCC2(C)COC2)noc1COCc1ccc2ccccc2c1. The molecule has 146 valence electrons. The number of hydrogen-bond acceptors (Lipinski definition) is 5. The van der Waals surface area contributed by atoms with Gasteiger partial charge in [0.1, 0.15) is 6.61 Å². The summed E-state index contributed by atoms with van der Waals surface area (Å²) in [4.78, 5) is 12.4. The van der Waals surface area contributed by atoms with Crippen molar-refractivity contribution in [3.63, 3.8) is 0 Å². The Balaban J connectivity index is 1.33. The number of aromatic nitrogens is 1. The van der Waals surface area contributed by atoms with Crippen molar-refractivity contribution in [1.29, 1.82) is 0 Å². The van der Waals surface area contributed by atoms with Crippen LogP contribution in [0.4, 0.5) is 0 Å². The maximum absolute atomic E-state index is 12.4. The van der Waals surface area contributed by atoms with Gasteiger partial charge in [-0.25, -0.2) is 0 Å². The number of fused-ring (bicyclic) bond motifs is 1.